The van der Waals surface area contributed by atoms with Gasteiger partial charge >= 0.3 is 0 Å². The average Bonchev–Trinajstić information content (AvgIpc) is 2.73. The second-order valence-electron chi connectivity index (χ2n) is 6.28. The first-order valence-corrected chi connectivity index (χ1v) is 10.5. The molecule has 0 saturated carbocycles. The first kappa shape index (κ1) is 21.6. The molecule has 3 amide bonds. The van der Waals surface area contributed by atoms with Gasteiger partial charge in [-0.15, -0.1) is 0 Å². The van der Waals surface area contributed by atoms with Gasteiger partial charge in [-0.3, -0.25) is 25.2 Å². The van der Waals surface area contributed by atoms with E-state index < -0.39 is 21.8 Å². The Balaban J connectivity index is 1.65. The van der Waals surface area contributed by atoms with Crippen LogP contribution in [0.15, 0.2) is 47.4 Å². The van der Waals surface area contributed by atoms with Crippen LogP contribution in [0.4, 0.5) is 0 Å². The molecule has 1 saturated heterocycles. The number of phenols is 1. The Morgan fingerprint density at radius 3 is 2.40 bits per heavy atom. The molecule has 10 nitrogen and oxygen atoms in total. The van der Waals surface area contributed by atoms with Gasteiger partial charge in [0.1, 0.15) is 5.75 Å². The van der Waals surface area contributed by atoms with Crippen LogP contribution in [0.5, 0.6) is 5.75 Å². The summed E-state index contributed by atoms with van der Waals surface area (Å²) in [4.78, 5) is 35.7. The third-order valence-corrected chi connectivity index (χ3v) is 6.34. The Kier molecular flexibility index (Phi) is 6.25. The van der Waals surface area contributed by atoms with Crippen molar-refractivity contribution in [1.29, 1.82) is 0 Å². The highest BCUT2D eigenvalue weighted by Gasteiger charge is 2.29. The summed E-state index contributed by atoms with van der Waals surface area (Å²) in [6.07, 6.45) is 0. The van der Waals surface area contributed by atoms with Gasteiger partial charge in [-0.25, -0.2) is 8.42 Å². The molecule has 2 aromatic carbocycles. The summed E-state index contributed by atoms with van der Waals surface area (Å²) in [6.45, 7) is 0.103. The fraction of sp³-hybridized carbons (Fsp3) is 0.167. The minimum atomic E-state index is -3.88. The van der Waals surface area contributed by atoms with E-state index in [-0.39, 0.29) is 52.3 Å². The van der Waals surface area contributed by atoms with Crippen LogP contribution >= 0.6 is 11.6 Å². The fourth-order valence-electron chi connectivity index (χ4n) is 2.69. The highest BCUT2D eigenvalue weighted by Crippen LogP contribution is 2.21. The number of hydrazine groups is 1. The second kappa shape index (κ2) is 8.69. The maximum Gasteiger partial charge on any atom is 0.273 e. The summed E-state index contributed by atoms with van der Waals surface area (Å²) in [5, 5.41) is 12.5. The van der Waals surface area contributed by atoms with Gasteiger partial charge in [0.25, 0.3) is 11.8 Å². The van der Waals surface area contributed by atoms with Gasteiger partial charge in [0.15, 0.2) is 0 Å². The van der Waals surface area contributed by atoms with Gasteiger partial charge in [0.05, 0.1) is 17.0 Å². The molecule has 30 heavy (non-hydrogen) atoms. The number of carbonyl (C=O) groups is 3. The molecule has 2 aromatic rings. The van der Waals surface area contributed by atoms with E-state index in [0.29, 0.717) is 0 Å². The number of nitrogens with one attached hydrogen (secondary N) is 3. The summed E-state index contributed by atoms with van der Waals surface area (Å²) >= 11 is 5.78. The molecule has 0 spiro atoms. The van der Waals surface area contributed by atoms with Crippen molar-refractivity contribution in [2.24, 2.45) is 0 Å². The number of carbonyl (C=O) groups excluding carboxylic acids is 3. The first-order valence-electron chi connectivity index (χ1n) is 8.64. The van der Waals surface area contributed by atoms with E-state index in [0.717, 1.165) is 4.31 Å². The summed E-state index contributed by atoms with van der Waals surface area (Å²) in [5.74, 6) is -2.19. The highest BCUT2D eigenvalue weighted by molar-refractivity contribution is 7.89. The lowest BCUT2D eigenvalue weighted by Gasteiger charge is -2.25. The molecule has 1 heterocycles. The summed E-state index contributed by atoms with van der Waals surface area (Å²) in [6, 6.07) is 8.90. The number of piperazine rings is 1. The third kappa shape index (κ3) is 4.70. The maximum atomic E-state index is 12.6. The smallest absolute Gasteiger partial charge is 0.273 e. The summed E-state index contributed by atoms with van der Waals surface area (Å²) in [7, 11) is -3.88. The van der Waals surface area contributed by atoms with Crippen LogP contribution in [0.2, 0.25) is 5.02 Å². The number of amides is 3. The van der Waals surface area contributed by atoms with E-state index >= 15 is 0 Å². The highest BCUT2D eigenvalue weighted by atomic mass is 35.5. The van der Waals surface area contributed by atoms with Crippen molar-refractivity contribution >= 4 is 39.3 Å². The average molecular weight is 453 g/mol. The molecule has 0 radical (unpaired) electrons. The predicted molar refractivity (Wildman–Crippen MR) is 106 cm³/mol. The Morgan fingerprint density at radius 1 is 1.07 bits per heavy atom. The summed E-state index contributed by atoms with van der Waals surface area (Å²) in [5.41, 5.74) is 4.26. The van der Waals surface area contributed by atoms with E-state index in [1.54, 1.807) is 0 Å². The molecule has 0 unspecified atom stereocenters. The predicted octanol–water partition coefficient (Wildman–Crippen LogP) is 0.241. The van der Waals surface area contributed by atoms with Crippen LogP contribution in [-0.2, 0) is 14.8 Å². The van der Waals surface area contributed by atoms with Crippen molar-refractivity contribution < 1.29 is 27.9 Å². The van der Waals surface area contributed by atoms with Crippen LogP contribution in [-0.4, -0.2) is 55.2 Å². The Bertz CT molecular complexity index is 1100. The lowest BCUT2D eigenvalue weighted by molar-refractivity contribution is -0.122. The first-order chi connectivity index (χ1) is 14.2. The monoisotopic (exact) mass is 452 g/mol. The second-order valence-corrected chi connectivity index (χ2v) is 8.66. The Hall–Kier alpha value is -3.15. The maximum absolute atomic E-state index is 12.6. The lowest BCUT2D eigenvalue weighted by Crippen LogP contribution is -2.49. The standard InChI is InChI=1S/C18H17ClN4O6S/c19-12-3-6-15(24)14(9-12)18(27)22-21-17(26)11-1-4-13(5-2-11)30(28,29)23-8-7-20-16(25)10-23/h1-6,9,24H,7-8,10H2,(H,20,25)(H,21,26)(H,22,27). The van der Waals surface area contributed by atoms with Gasteiger partial charge in [-0.1, -0.05) is 11.6 Å². The molecule has 4 N–H and O–H groups in total. The van der Waals surface area contributed by atoms with E-state index in [1.165, 1.54) is 42.5 Å². The van der Waals surface area contributed by atoms with Crippen molar-refractivity contribution in [2.75, 3.05) is 19.6 Å². The normalized spacial score (nSPS) is 14.6. The van der Waals surface area contributed by atoms with Crippen LogP contribution in [0.1, 0.15) is 20.7 Å². The molecular formula is C18H17ClN4O6S. The van der Waals surface area contributed by atoms with Crippen LogP contribution in [0.3, 0.4) is 0 Å². The Morgan fingerprint density at radius 2 is 1.73 bits per heavy atom. The van der Waals surface area contributed by atoms with E-state index in [1.807, 2.05) is 0 Å². The number of benzene rings is 2. The fourth-order valence-corrected chi connectivity index (χ4v) is 4.26. The molecule has 158 valence electrons. The van der Waals surface area contributed by atoms with Crippen molar-refractivity contribution in [1.82, 2.24) is 20.5 Å². The number of hydrogen-bond acceptors (Lipinski definition) is 6. The number of rotatable bonds is 4. The molecule has 1 aliphatic heterocycles. The van der Waals surface area contributed by atoms with Crippen molar-refractivity contribution in [3.05, 3.63) is 58.6 Å². The molecular weight excluding hydrogens is 436 g/mol. The minimum Gasteiger partial charge on any atom is -0.507 e. The van der Waals surface area contributed by atoms with Gasteiger partial charge in [0, 0.05) is 23.7 Å². The number of nitrogens with zero attached hydrogens (tertiary/aromatic N) is 1. The zero-order valence-electron chi connectivity index (χ0n) is 15.4. The zero-order chi connectivity index (χ0) is 21.9. The largest absolute Gasteiger partial charge is 0.507 e. The van der Waals surface area contributed by atoms with E-state index in [2.05, 4.69) is 16.2 Å². The molecule has 0 aliphatic carbocycles. The third-order valence-electron chi connectivity index (χ3n) is 4.25. The van der Waals surface area contributed by atoms with Gasteiger partial charge < -0.3 is 10.4 Å². The molecule has 3 rings (SSSR count). The SMILES string of the molecule is O=C1CN(S(=O)(=O)c2ccc(C(=O)NNC(=O)c3cc(Cl)ccc3O)cc2)CCN1. The van der Waals surface area contributed by atoms with Crippen LogP contribution in [0.25, 0.3) is 0 Å². The van der Waals surface area contributed by atoms with Gasteiger partial charge in [-0.2, -0.15) is 4.31 Å². The number of sulfonamides is 1. The van der Waals surface area contributed by atoms with E-state index in [9.17, 15) is 27.9 Å². The van der Waals surface area contributed by atoms with Crippen LogP contribution < -0.4 is 16.2 Å². The number of phenolic OH excluding ortho intramolecular Hbond substituents is 1. The lowest BCUT2D eigenvalue weighted by atomic mass is 10.2. The summed E-state index contributed by atoms with van der Waals surface area (Å²) < 4.78 is 26.3. The number of hydrogen-bond donors (Lipinski definition) is 4. The van der Waals surface area contributed by atoms with Crippen molar-refractivity contribution in [3.8, 4) is 5.75 Å². The molecule has 12 heteroatoms. The quantitative estimate of drug-likeness (QED) is 0.489. The molecule has 1 aliphatic rings. The number of aromatic hydroxyl groups is 1. The van der Waals surface area contributed by atoms with Gasteiger partial charge in [-0.05, 0) is 42.5 Å². The van der Waals surface area contributed by atoms with Crippen molar-refractivity contribution in [3.63, 3.8) is 0 Å². The van der Waals surface area contributed by atoms with Crippen molar-refractivity contribution in [2.45, 2.75) is 4.90 Å². The minimum absolute atomic E-state index is 0.0679. The molecule has 0 bridgehead atoms. The molecule has 0 aromatic heterocycles. The topological polar surface area (TPSA) is 145 Å². The zero-order valence-corrected chi connectivity index (χ0v) is 17.0. The van der Waals surface area contributed by atoms with Crippen LogP contribution in [0, 0.1) is 0 Å². The van der Waals surface area contributed by atoms with E-state index in [4.69, 9.17) is 11.6 Å². The van der Waals surface area contributed by atoms with Gasteiger partial charge in [0.2, 0.25) is 15.9 Å². The molecule has 1 fully saturated rings. The number of halogens is 1. The Labute approximate surface area is 176 Å². The molecule has 0 atom stereocenters.